The van der Waals surface area contributed by atoms with Gasteiger partial charge in [-0.1, -0.05) is 19.1 Å². The maximum absolute atomic E-state index is 11.8. The van der Waals surface area contributed by atoms with Crippen molar-refractivity contribution < 1.29 is 9.47 Å². The molecule has 146 valence electrons. The molecule has 1 saturated heterocycles. The highest BCUT2D eigenvalue weighted by atomic mass is 16.5. The molecule has 3 aromatic rings. The number of H-pyrrole nitrogens is 1. The number of aromatic nitrogens is 4. The van der Waals surface area contributed by atoms with Crippen LogP contribution in [0.4, 0.5) is 0 Å². The van der Waals surface area contributed by atoms with E-state index in [1.807, 2.05) is 41.9 Å². The summed E-state index contributed by atoms with van der Waals surface area (Å²) in [5.74, 6) is 2.49. The molecule has 0 atom stereocenters. The van der Waals surface area contributed by atoms with Crippen LogP contribution in [0.1, 0.15) is 37.2 Å². The smallest absolute Gasteiger partial charge is 0.248 e. The third-order valence-corrected chi connectivity index (χ3v) is 5.12. The van der Waals surface area contributed by atoms with E-state index < -0.39 is 0 Å². The van der Waals surface area contributed by atoms with Crippen molar-refractivity contribution in [3.63, 3.8) is 0 Å². The van der Waals surface area contributed by atoms with Gasteiger partial charge in [-0.25, -0.2) is 9.67 Å². The summed E-state index contributed by atoms with van der Waals surface area (Å²) in [5.41, 5.74) is 2.42. The maximum Gasteiger partial charge on any atom is 0.248 e. The molecule has 0 aliphatic carbocycles. The lowest BCUT2D eigenvalue weighted by Gasteiger charge is -2.18. The number of aromatic amines is 1. The maximum atomic E-state index is 11.8. The van der Waals surface area contributed by atoms with Crippen molar-refractivity contribution >= 4 is 0 Å². The van der Waals surface area contributed by atoms with Crippen LogP contribution in [0.2, 0.25) is 0 Å². The van der Waals surface area contributed by atoms with Crippen molar-refractivity contribution in [2.45, 2.75) is 32.1 Å². The van der Waals surface area contributed by atoms with Crippen molar-refractivity contribution in [3.05, 3.63) is 58.3 Å². The largest absolute Gasteiger partial charge is 0.494 e. The molecule has 7 heteroatoms. The molecule has 3 heterocycles. The lowest BCUT2D eigenvalue weighted by atomic mass is 10.00. The number of rotatable bonds is 5. The molecule has 2 aromatic heterocycles. The number of nitrogens with zero attached hydrogens (tertiary/aromatic N) is 3. The highest BCUT2D eigenvalue weighted by Crippen LogP contribution is 2.32. The topological polar surface area (TPSA) is 82.0 Å². The fraction of sp³-hybridized carbons (Fsp3) is 0.381. The number of ether oxygens (including phenoxy) is 2. The monoisotopic (exact) mass is 380 g/mol. The Bertz CT molecular complexity index is 1020. The zero-order valence-electron chi connectivity index (χ0n) is 16.1. The lowest BCUT2D eigenvalue weighted by Crippen LogP contribution is -2.15. The Morgan fingerprint density at radius 1 is 1.21 bits per heavy atom. The van der Waals surface area contributed by atoms with Crippen LogP contribution in [0.15, 0.2) is 41.2 Å². The molecule has 1 aromatic carbocycles. The molecule has 0 amide bonds. The Labute approximate surface area is 163 Å². The average Bonchev–Trinajstić information content (AvgIpc) is 3.19. The quantitative estimate of drug-likeness (QED) is 0.736. The summed E-state index contributed by atoms with van der Waals surface area (Å²) in [6, 6.07) is 11.1. The first kappa shape index (κ1) is 18.4. The number of nitrogens with one attached hydrogen (secondary N) is 1. The molecule has 0 radical (unpaired) electrons. The van der Waals surface area contributed by atoms with E-state index in [0.29, 0.717) is 12.2 Å². The molecule has 1 fully saturated rings. The second kappa shape index (κ2) is 7.98. The van der Waals surface area contributed by atoms with Crippen molar-refractivity contribution in [2.75, 3.05) is 20.3 Å². The van der Waals surface area contributed by atoms with Gasteiger partial charge in [0.2, 0.25) is 5.56 Å². The normalized spacial score (nSPS) is 14.9. The fourth-order valence-corrected chi connectivity index (χ4v) is 3.61. The zero-order valence-corrected chi connectivity index (χ0v) is 16.1. The van der Waals surface area contributed by atoms with Gasteiger partial charge in [0.1, 0.15) is 11.4 Å². The summed E-state index contributed by atoms with van der Waals surface area (Å²) in [7, 11) is 1.65. The van der Waals surface area contributed by atoms with E-state index >= 15 is 0 Å². The summed E-state index contributed by atoms with van der Waals surface area (Å²) < 4.78 is 12.9. The Balaban J connectivity index is 1.91. The Hall–Kier alpha value is -2.93. The van der Waals surface area contributed by atoms with Gasteiger partial charge in [-0.05, 0) is 37.5 Å². The summed E-state index contributed by atoms with van der Waals surface area (Å²) in [6.07, 6.45) is 2.50. The van der Waals surface area contributed by atoms with Gasteiger partial charge >= 0.3 is 0 Å². The lowest BCUT2D eigenvalue weighted by molar-refractivity contribution is 0.0836. The summed E-state index contributed by atoms with van der Waals surface area (Å²) in [5, 5.41) is 4.86. The number of hydrogen-bond acceptors (Lipinski definition) is 5. The van der Waals surface area contributed by atoms with Crippen LogP contribution in [0.25, 0.3) is 17.1 Å². The van der Waals surface area contributed by atoms with Crippen LogP contribution in [0.5, 0.6) is 5.75 Å². The molecule has 0 saturated carbocycles. The average molecular weight is 380 g/mol. The SMILES string of the molecule is CCc1[nH]c(=O)ccc1-c1nc(C2CCOCC2)nn1-c1ccccc1OC. The molecule has 7 nitrogen and oxygen atoms in total. The number of aryl methyl sites for hydroxylation is 1. The second-order valence-electron chi connectivity index (χ2n) is 6.83. The minimum Gasteiger partial charge on any atom is -0.494 e. The van der Waals surface area contributed by atoms with Gasteiger partial charge < -0.3 is 14.5 Å². The Morgan fingerprint density at radius 3 is 2.75 bits per heavy atom. The molecule has 1 aliphatic heterocycles. The number of para-hydroxylation sites is 2. The molecule has 0 unspecified atom stereocenters. The molecular formula is C21H24N4O3. The van der Waals surface area contributed by atoms with Gasteiger partial charge in [-0.15, -0.1) is 0 Å². The molecule has 0 bridgehead atoms. The molecule has 1 aliphatic rings. The van der Waals surface area contributed by atoms with E-state index in [-0.39, 0.29) is 11.5 Å². The molecule has 28 heavy (non-hydrogen) atoms. The van der Waals surface area contributed by atoms with E-state index in [1.165, 1.54) is 6.07 Å². The number of benzene rings is 1. The summed E-state index contributed by atoms with van der Waals surface area (Å²) in [6.45, 7) is 3.46. The fourth-order valence-electron chi connectivity index (χ4n) is 3.61. The minimum absolute atomic E-state index is 0.117. The van der Waals surface area contributed by atoms with E-state index in [9.17, 15) is 4.79 Å². The molecule has 1 N–H and O–H groups in total. The predicted molar refractivity (Wildman–Crippen MR) is 106 cm³/mol. The highest BCUT2D eigenvalue weighted by Gasteiger charge is 2.25. The van der Waals surface area contributed by atoms with Crippen molar-refractivity contribution in [2.24, 2.45) is 0 Å². The first-order chi connectivity index (χ1) is 13.7. The molecule has 4 rings (SSSR count). The van der Waals surface area contributed by atoms with E-state index in [2.05, 4.69) is 4.98 Å². The van der Waals surface area contributed by atoms with Gasteiger partial charge in [0.05, 0.1) is 7.11 Å². The van der Waals surface area contributed by atoms with Crippen LogP contribution in [0, 0.1) is 0 Å². The number of hydrogen-bond donors (Lipinski definition) is 1. The number of methoxy groups -OCH3 is 1. The van der Waals surface area contributed by atoms with Crippen LogP contribution in [-0.4, -0.2) is 40.1 Å². The highest BCUT2D eigenvalue weighted by molar-refractivity contribution is 5.62. The Morgan fingerprint density at radius 2 is 2.00 bits per heavy atom. The number of pyridine rings is 1. The molecular weight excluding hydrogens is 356 g/mol. The minimum atomic E-state index is -0.117. The van der Waals surface area contributed by atoms with Crippen LogP contribution >= 0.6 is 0 Å². The van der Waals surface area contributed by atoms with Gasteiger partial charge in [0.15, 0.2) is 11.6 Å². The van der Waals surface area contributed by atoms with Crippen molar-refractivity contribution in [3.8, 4) is 22.8 Å². The van der Waals surface area contributed by atoms with Gasteiger partial charge in [-0.3, -0.25) is 4.79 Å². The standard InChI is InChI=1S/C21H24N4O3/c1-3-16-15(8-9-19(26)22-16)21-23-20(14-10-12-28-13-11-14)24-25(21)17-6-4-5-7-18(17)27-2/h4-9,14H,3,10-13H2,1-2H3,(H,22,26). The van der Waals surface area contributed by atoms with E-state index in [1.54, 1.807) is 7.11 Å². The van der Waals surface area contributed by atoms with Gasteiger partial charge in [-0.2, -0.15) is 5.10 Å². The predicted octanol–water partition coefficient (Wildman–Crippen LogP) is 3.09. The van der Waals surface area contributed by atoms with Gasteiger partial charge in [0, 0.05) is 36.5 Å². The van der Waals surface area contributed by atoms with E-state index in [4.69, 9.17) is 19.6 Å². The third-order valence-electron chi connectivity index (χ3n) is 5.12. The summed E-state index contributed by atoms with van der Waals surface area (Å²) in [4.78, 5) is 19.7. The van der Waals surface area contributed by atoms with Crippen LogP contribution < -0.4 is 10.3 Å². The van der Waals surface area contributed by atoms with Crippen molar-refractivity contribution in [1.29, 1.82) is 0 Å². The van der Waals surface area contributed by atoms with Gasteiger partial charge in [0.25, 0.3) is 0 Å². The molecule has 0 spiro atoms. The second-order valence-corrected chi connectivity index (χ2v) is 6.83. The Kier molecular flexibility index (Phi) is 5.25. The zero-order chi connectivity index (χ0) is 19.5. The summed E-state index contributed by atoms with van der Waals surface area (Å²) >= 11 is 0. The van der Waals surface area contributed by atoms with Crippen molar-refractivity contribution in [1.82, 2.24) is 19.7 Å². The van der Waals surface area contributed by atoms with Crippen LogP contribution in [0.3, 0.4) is 0 Å². The first-order valence-electron chi connectivity index (χ1n) is 9.62. The third kappa shape index (κ3) is 3.45. The van der Waals surface area contributed by atoms with E-state index in [0.717, 1.165) is 54.6 Å². The van der Waals surface area contributed by atoms with Crippen LogP contribution in [-0.2, 0) is 11.2 Å². The first-order valence-corrected chi connectivity index (χ1v) is 9.62.